The van der Waals surface area contributed by atoms with E-state index in [4.69, 9.17) is 0 Å². The summed E-state index contributed by atoms with van der Waals surface area (Å²) in [6.07, 6.45) is 4.84. The Morgan fingerprint density at radius 1 is 1.40 bits per heavy atom. The molecule has 3 unspecified atom stereocenters. The van der Waals surface area contributed by atoms with Crippen LogP contribution in [0.2, 0.25) is 0 Å². The number of aliphatic imine (C=N–C) groups is 1. The zero-order valence-corrected chi connectivity index (χ0v) is 10.3. The van der Waals surface area contributed by atoms with Gasteiger partial charge in [-0.2, -0.15) is 0 Å². The molecule has 1 saturated heterocycles. The first kappa shape index (κ1) is 10.7. The van der Waals surface area contributed by atoms with Crippen LogP contribution in [0.15, 0.2) is 16.8 Å². The quantitative estimate of drug-likeness (QED) is 0.657. The average molecular weight is 207 g/mol. The van der Waals surface area contributed by atoms with E-state index in [1.807, 2.05) is 6.21 Å². The van der Waals surface area contributed by atoms with Crippen molar-refractivity contribution in [2.75, 3.05) is 0 Å². The molecule has 0 aromatic heterocycles. The van der Waals surface area contributed by atoms with Gasteiger partial charge in [0.05, 0.1) is 12.2 Å². The highest BCUT2D eigenvalue weighted by molar-refractivity contribution is 5.78. The summed E-state index contributed by atoms with van der Waals surface area (Å²) in [4.78, 5) is 6.97. The Labute approximate surface area is 92.3 Å². The van der Waals surface area contributed by atoms with E-state index in [-0.39, 0.29) is 11.6 Å². The molecule has 0 radical (unpaired) electrons. The third-order valence-corrected chi connectivity index (χ3v) is 3.19. The van der Waals surface area contributed by atoms with Gasteiger partial charge in [-0.1, -0.05) is 20.8 Å². The van der Waals surface area contributed by atoms with Gasteiger partial charge in [-0.3, -0.25) is 10.3 Å². The van der Waals surface area contributed by atoms with Gasteiger partial charge in [0, 0.05) is 12.4 Å². The maximum absolute atomic E-state index is 4.64. The molecule has 3 nitrogen and oxygen atoms in total. The first-order valence-corrected chi connectivity index (χ1v) is 5.65. The van der Waals surface area contributed by atoms with Crippen LogP contribution in [0.4, 0.5) is 0 Å². The van der Waals surface area contributed by atoms with Gasteiger partial charge in [-0.15, -0.1) is 0 Å². The van der Waals surface area contributed by atoms with Gasteiger partial charge in [-0.05, 0) is 24.8 Å². The van der Waals surface area contributed by atoms with Crippen LogP contribution in [0.25, 0.3) is 0 Å². The van der Waals surface area contributed by atoms with Crippen molar-refractivity contribution < 1.29 is 0 Å². The minimum atomic E-state index is 0.240. The summed E-state index contributed by atoms with van der Waals surface area (Å²) in [7, 11) is 0. The van der Waals surface area contributed by atoms with Crippen LogP contribution < -0.4 is 5.32 Å². The SMILES string of the molecule is CC1=CN2C(C)NC(C(C)(C)C)C2N=C1. The summed E-state index contributed by atoms with van der Waals surface area (Å²) in [5.41, 5.74) is 1.47. The number of allylic oxidation sites excluding steroid dienone is 1. The third kappa shape index (κ3) is 1.81. The lowest BCUT2D eigenvalue weighted by Gasteiger charge is -2.33. The van der Waals surface area contributed by atoms with Crippen LogP contribution in [0.5, 0.6) is 0 Å². The standard InChI is InChI=1S/C12H21N3/c1-8-6-13-11-10(12(3,4)5)14-9(2)15(11)7-8/h6-7,9-11,14H,1-5H3. The summed E-state index contributed by atoms with van der Waals surface area (Å²) in [5, 5.41) is 3.62. The fourth-order valence-electron chi connectivity index (χ4n) is 2.34. The smallest absolute Gasteiger partial charge is 0.137 e. The van der Waals surface area contributed by atoms with Gasteiger partial charge >= 0.3 is 0 Å². The molecule has 15 heavy (non-hydrogen) atoms. The normalized spacial score (nSPS) is 35.4. The number of rotatable bonds is 0. The van der Waals surface area contributed by atoms with Crippen molar-refractivity contribution in [2.45, 2.75) is 53.0 Å². The van der Waals surface area contributed by atoms with E-state index in [0.29, 0.717) is 12.2 Å². The number of nitrogens with zero attached hydrogens (tertiary/aromatic N) is 2. The van der Waals surface area contributed by atoms with E-state index in [1.165, 1.54) is 5.57 Å². The summed E-state index contributed by atoms with van der Waals surface area (Å²) in [6.45, 7) is 11.1. The maximum Gasteiger partial charge on any atom is 0.137 e. The highest BCUT2D eigenvalue weighted by Crippen LogP contribution is 2.32. The van der Waals surface area contributed by atoms with Gasteiger partial charge in [-0.25, -0.2) is 0 Å². The second-order valence-electron chi connectivity index (χ2n) is 5.70. The van der Waals surface area contributed by atoms with E-state index in [1.54, 1.807) is 0 Å². The van der Waals surface area contributed by atoms with Crippen LogP contribution in [-0.4, -0.2) is 29.5 Å². The Morgan fingerprint density at radius 2 is 2.07 bits per heavy atom. The number of nitrogens with one attached hydrogen (secondary N) is 1. The lowest BCUT2D eigenvalue weighted by Crippen LogP contribution is -2.43. The monoisotopic (exact) mass is 207 g/mol. The molecule has 3 heteroatoms. The van der Waals surface area contributed by atoms with Crippen molar-refractivity contribution >= 4 is 6.21 Å². The fourth-order valence-corrected chi connectivity index (χ4v) is 2.34. The van der Waals surface area contributed by atoms with E-state index in [9.17, 15) is 0 Å². The van der Waals surface area contributed by atoms with Crippen molar-refractivity contribution in [3.8, 4) is 0 Å². The van der Waals surface area contributed by atoms with E-state index in [0.717, 1.165) is 0 Å². The van der Waals surface area contributed by atoms with E-state index < -0.39 is 0 Å². The minimum Gasteiger partial charge on any atom is -0.339 e. The van der Waals surface area contributed by atoms with E-state index >= 15 is 0 Å². The molecule has 2 heterocycles. The van der Waals surface area contributed by atoms with Crippen molar-refractivity contribution in [3.05, 3.63) is 11.8 Å². The second-order valence-corrected chi connectivity index (χ2v) is 5.70. The summed E-state index contributed by atoms with van der Waals surface area (Å²) >= 11 is 0. The molecule has 1 fully saturated rings. The van der Waals surface area contributed by atoms with Crippen LogP contribution in [0, 0.1) is 5.41 Å². The molecule has 0 spiro atoms. The molecule has 0 amide bonds. The van der Waals surface area contributed by atoms with Crippen LogP contribution in [0.1, 0.15) is 34.6 Å². The molecule has 1 N–H and O–H groups in total. The number of hydrogen-bond donors (Lipinski definition) is 1. The maximum atomic E-state index is 4.64. The molecule has 2 aliphatic heterocycles. The Morgan fingerprint density at radius 3 is 2.67 bits per heavy atom. The van der Waals surface area contributed by atoms with Gasteiger partial charge in [0.2, 0.25) is 0 Å². The molecule has 2 rings (SSSR count). The molecule has 0 aromatic rings. The zero-order chi connectivity index (χ0) is 11.2. The van der Waals surface area contributed by atoms with Gasteiger partial charge < -0.3 is 4.90 Å². The van der Waals surface area contributed by atoms with Gasteiger partial charge in [0.15, 0.2) is 0 Å². The topological polar surface area (TPSA) is 27.6 Å². The predicted octanol–water partition coefficient (Wildman–Crippen LogP) is 1.97. The van der Waals surface area contributed by atoms with Crippen molar-refractivity contribution in [1.29, 1.82) is 0 Å². The molecule has 84 valence electrons. The molecule has 0 aromatic carbocycles. The average Bonchev–Trinajstić information content (AvgIpc) is 2.43. The van der Waals surface area contributed by atoms with Gasteiger partial charge in [0.25, 0.3) is 0 Å². The minimum absolute atomic E-state index is 0.240. The number of hydrogen-bond acceptors (Lipinski definition) is 3. The molecular weight excluding hydrogens is 186 g/mol. The predicted molar refractivity (Wildman–Crippen MR) is 63.7 cm³/mol. The Bertz CT molecular complexity index is 311. The molecule has 0 aliphatic carbocycles. The van der Waals surface area contributed by atoms with Crippen LogP contribution in [0.3, 0.4) is 0 Å². The van der Waals surface area contributed by atoms with Crippen molar-refractivity contribution in [3.63, 3.8) is 0 Å². The summed E-state index contributed by atoms with van der Waals surface area (Å²) in [5.74, 6) is 0. The molecule has 0 saturated carbocycles. The van der Waals surface area contributed by atoms with E-state index in [2.05, 4.69) is 56.0 Å². The fraction of sp³-hybridized carbons (Fsp3) is 0.750. The summed E-state index contributed by atoms with van der Waals surface area (Å²) < 4.78 is 0. The Kier molecular flexibility index (Phi) is 2.38. The van der Waals surface area contributed by atoms with Crippen LogP contribution >= 0.6 is 0 Å². The van der Waals surface area contributed by atoms with Crippen LogP contribution in [-0.2, 0) is 0 Å². The first-order valence-electron chi connectivity index (χ1n) is 5.65. The largest absolute Gasteiger partial charge is 0.339 e. The van der Waals surface area contributed by atoms with Crippen molar-refractivity contribution in [2.24, 2.45) is 10.4 Å². The third-order valence-electron chi connectivity index (χ3n) is 3.19. The lowest BCUT2D eigenvalue weighted by atomic mass is 9.85. The second kappa shape index (κ2) is 3.34. The number of fused-ring (bicyclic) bond motifs is 1. The molecule has 2 aliphatic rings. The zero-order valence-electron chi connectivity index (χ0n) is 10.3. The molecular formula is C12H21N3. The first-order chi connectivity index (χ1) is 6.89. The highest BCUT2D eigenvalue weighted by Gasteiger charge is 2.43. The Balaban J connectivity index is 2.26. The lowest BCUT2D eigenvalue weighted by molar-refractivity contribution is 0.230. The van der Waals surface area contributed by atoms with Gasteiger partial charge in [0.1, 0.15) is 6.17 Å². The Hall–Kier alpha value is -0.830. The molecule has 3 atom stereocenters. The summed E-state index contributed by atoms with van der Waals surface area (Å²) in [6, 6.07) is 0.424. The highest BCUT2D eigenvalue weighted by atomic mass is 15.4. The van der Waals surface area contributed by atoms with Crippen molar-refractivity contribution in [1.82, 2.24) is 10.2 Å². The molecule has 0 bridgehead atoms.